The topological polar surface area (TPSA) is 29.1 Å². The molecule has 0 saturated carbocycles. The molecule has 104 valence electrons. The van der Waals surface area contributed by atoms with E-state index in [4.69, 9.17) is 23.2 Å². The molecule has 1 N–H and O–H groups in total. The van der Waals surface area contributed by atoms with Crippen LogP contribution in [0.2, 0.25) is 5.02 Å². The highest BCUT2D eigenvalue weighted by molar-refractivity contribution is 9.10. The van der Waals surface area contributed by atoms with E-state index < -0.39 is 0 Å². The van der Waals surface area contributed by atoms with Crippen LogP contribution in [0.5, 0.6) is 0 Å². The van der Waals surface area contributed by atoms with Crippen LogP contribution in [0.3, 0.4) is 0 Å². The third-order valence-corrected chi connectivity index (χ3v) is 4.38. The third kappa shape index (κ3) is 3.75. The summed E-state index contributed by atoms with van der Waals surface area (Å²) >= 11 is 15.2. The monoisotopic (exact) mass is 371 g/mol. The highest BCUT2D eigenvalue weighted by Gasteiger charge is 2.15. The molecule has 0 aliphatic rings. The molecular weight excluding hydrogens is 361 g/mol. The average Bonchev–Trinajstić information content (AvgIpc) is 2.48. The van der Waals surface area contributed by atoms with Crippen molar-refractivity contribution < 1.29 is 4.79 Å². The first kappa shape index (κ1) is 15.4. The number of hydrogen-bond donors (Lipinski definition) is 1. The maximum absolute atomic E-state index is 12.2. The van der Waals surface area contributed by atoms with Crippen LogP contribution in [-0.2, 0) is 0 Å². The normalized spacial score (nSPS) is 11.9. The first-order chi connectivity index (χ1) is 9.61. The van der Waals surface area contributed by atoms with E-state index in [9.17, 15) is 4.79 Å². The molecule has 0 spiro atoms. The zero-order valence-electron chi connectivity index (χ0n) is 10.4. The lowest BCUT2D eigenvalue weighted by molar-refractivity contribution is 0.0940. The summed E-state index contributed by atoms with van der Waals surface area (Å²) in [5.41, 5.74) is 1.48. The molecule has 1 unspecified atom stereocenters. The summed E-state index contributed by atoms with van der Waals surface area (Å²) < 4.78 is 0.757. The van der Waals surface area contributed by atoms with Gasteiger partial charge in [0.15, 0.2) is 0 Å². The fourth-order valence-electron chi connectivity index (χ4n) is 1.78. The zero-order valence-corrected chi connectivity index (χ0v) is 13.5. The summed E-state index contributed by atoms with van der Waals surface area (Å²) in [6.45, 7) is 0. The van der Waals surface area contributed by atoms with Gasteiger partial charge in [-0.05, 0) is 39.7 Å². The predicted octanol–water partition coefficient (Wildman–Crippen LogP) is 4.81. The van der Waals surface area contributed by atoms with E-state index in [1.54, 1.807) is 18.2 Å². The molecule has 0 bridgehead atoms. The smallest absolute Gasteiger partial charge is 0.251 e. The standard InChI is InChI=1S/C15H12BrCl2NO/c16-12-7-6-11(8-13(12)18)15(20)19-14(9-17)10-4-2-1-3-5-10/h1-8,14H,9H2,(H,19,20). The number of carbonyl (C=O) groups is 1. The second-order valence-electron chi connectivity index (χ2n) is 4.22. The number of amides is 1. The van der Waals surface area contributed by atoms with Crippen LogP contribution in [0.4, 0.5) is 0 Å². The van der Waals surface area contributed by atoms with Gasteiger partial charge in [-0.25, -0.2) is 0 Å². The molecule has 2 aromatic carbocycles. The summed E-state index contributed by atoms with van der Waals surface area (Å²) in [7, 11) is 0. The van der Waals surface area contributed by atoms with E-state index in [2.05, 4.69) is 21.2 Å². The molecule has 2 rings (SSSR count). The summed E-state index contributed by atoms with van der Waals surface area (Å²) in [4.78, 5) is 12.2. The number of hydrogen-bond acceptors (Lipinski definition) is 1. The van der Waals surface area contributed by atoms with Gasteiger partial charge in [-0.15, -0.1) is 11.6 Å². The number of carbonyl (C=O) groups excluding carboxylic acids is 1. The maximum Gasteiger partial charge on any atom is 0.251 e. The van der Waals surface area contributed by atoms with Gasteiger partial charge in [0.05, 0.1) is 11.1 Å². The van der Waals surface area contributed by atoms with Crippen molar-refractivity contribution in [2.24, 2.45) is 0 Å². The molecular formula is C15H12BrCl2NO. The summed E-state index contributed by atoms with van der Waals surface area (Å²) in [6.07, 6.45) is 0. The molecule has 1 amide bonds. The molecule has 0 fully saturated rings. The summed E-state index contributed by atoms with van der Waals surface area (Å²) in [5, 5.41) is 3.40. The number of alkyl halides is 1. The van der Waals surface area contributed by atoms with Gasteiger partial charge in [-0.3, -0.25) is 4.79 Å². The second-order valence-corrected chi connectivity index (χ2v) is 5.79. The quantitative estimate of drug-likeness (QED) is 0.766. The van der Waals surface area contributed by atoms with Crippen LogP contribution < -0.4 is 5.32 Å². The number of rotatable bonds is 4. The lowest BCUT2D eigenvalue weighted by Gasteiger charge is -2.16. The lowest BCUT2D eigenvalue weighted by atomic mass is 10.1. The zero-order chi connectivity index (χ0) is 14.5. The minimum atomic E-state index is -0.229. The SMILES string of the molecule is O=C(NC(CCl)c1ccccc1)c1ccc(Br)c(Cl)c1. The van der Waals surface area contributed by atoms with Crippen molar-refractivity contribution in [3.8, 4) is 0 Å². The Morgan fingerprint density at radius 3 is 2.50 bits per heavy atom. The second kappa shape index (κ2) is 7.11. The molecule has 2 aromatic rings. The van der Waals surface area contributed by atoms with Crippen LogP contribution in [0, 0.1) is 0 Å². The number of nitrogens with one attached hydrogen (secondary N) is 1. The maximum atomic E-state index is 12.2. The Hall–Kier alpha value is -1.03. The highest BCUT2D eigenvalue weighted by atomic mass is 79.9. The van der Waals surface area contributed by atoms with Gasteiger partial charge < -0.3 is 5.32 Å². The van der Waals surface area contributed by atoms with Crippen molar-refractivity contribution in [1.82, 2.24) is 5.32 Å². The van der Waals surface area contributed by atoms with E-state index in [1.165, 1.54) is 0 Å². The van der Waals surface area contributed by atoms with Gasteiger partial charge in [-0.2, -0.15) is 0 Å². The Kier molecular flexibility index (Phi) is 5.46. The average molecular weight is 373 g/mol. The van der Waals surface area contributed by atoms with Crippen molar-refractivity contribution in [3.63, 3.8) is 0 Å². The Morgan fingerprint density at radius 1 is 1.20 bits per heavy atom. The van der Waals surface area contributed by atoms with Crippen LogP contribution >= 0.6 is 39.1 Å². The Balaban J connectivity index is 2.15. The molecule has 20 heavy (non-hydrogen) atoms. The molecule has 2 nitrogen and oxygen atoms in total. The minimum absolute atomic E-state index is 0.200. The Bertz CT molecular complexity index is 604. The molecule has 0 radical (unpaired) electrons. The Labute approximate surface area is 136 Å². The van der Waals surface area contributed by atoms with Gasteiger partial charge in [0.25, 0.3) is 5.91 Å². The van der Waals surface area contributed by atoms with Gasteiger partial charge in [0, 0.05) is 15.9 Å². The molecule has 5 heteroatoms. The van der Waals surface area contributed by atoms with E-state index in [0.29, 0.717) is 16.5 Å². The molecule has 0 heterocycles. The fourth-order valence-corrected chi connectivity index (χ4v) is 2.46. The predicted molar refractivity (Wildman–Crippen MR) is 86.5 cm³/mol. The molecule has 0 aliphatic heterocycles. The van der Waals surface area contributed by atoms with E-state index in [1.807, 2.05) is 30.3 Å². The van der Waals surface area contributed by atoms with Gasteiger partial charge in [-0.1, -0.05) is 41.9 Å². The highest BCUT2D eigenvalue weighted by Crippen LogP contribution is 2.23. The van der Waals surface area contributed by atoms with Crippen LogP contribution in [0.1, 0.15) is 22.0 Å². The first-order valence-electron chi connectivity index (χ1n) is 5.98. The minimum Gasteiger partial charge on any atom is -0.344 e. The van der Waals surface area contributed by atoms with E-state index in [-0.39, 0.29) is 11.9 Å². The third-order valence-electron chi connectivity index (χ3n) is 2.84. The van der Waals surface area contributed by atoms with Crippen molar-refractivity contribution in [3.05, 3.63) is 69.2 Å². The largest absolute Gasteiger partial charge is 0.344 e. The van der Waals surface area contributed by atoms with Gasteiger partial charge in [0.2, 0.25) is 0 Å². The summed E-state index contributed by atoms with van der Waals surface area (Å²) in [6, 6.07) is 14.5. The van der Waals surface area contributed by atoms with Crippen LogP contribution in [-0.4, -0.2) is 11.8 Å². The molecule has 0 aromatic heterocycles. The van der Waals surface area contributed by atoms with Crippen molar-refractivity contribution in [2.45, 2.75) is 6.04 Å². The van der Waals surface area contributed by atoms with Crippen molar-refractivity contribution >= 4 is 45.0 Å². The fraction of sp³-hybridized carbons (Fsp3) is 0.133. The number of benzene rings is 2. The first-order valence-corrected chi connectivity index (χ1v) is 7.69. The van der Waals surface area contributed by atoms with E-state index >= 15 is 0 Å². The Morgan fingerprint density at radius 2 is 1.90 bits per heavy atom. The number of halogens is 3. The van der Waals surface area contributed by atoms with Crippen molar-refractivity contribution in [1.29, 1.82) is 0 Å². The van der Waals surface area contributed by atoms with Crippen LogP contribution in [0.15, 0.2) is 53.0 Å². The van der Waals surface area contributed by atoms with Gasteiger partial charge in [0.1, 0.15) is 0 Å². The van der Waals surface area contributed by atoms with E-state index in [0.717, 1.165) is 10.0 Å². The molecule has 0 aliphatic carbocycles. The van der Waals surface area contributed by atoms with Crippen molar-refractivity contribution in [2.75, 3.05) is 5.88 Å². The molecule has 0 saturated heterocycles. The van der Waals surface area contributed by atoms with Crippen LogP contribution in [0.25, 0.3) is 0 Å². The van der Waals surface area contributed by atoms with Gasteiger partial charge >= 0.3 is 0 Å². The lowest BCUT2D eigenvalue weighted by Crippen LogP contribution is -2.29. The summed E-state index contributed by atoms with van der Waals surface area (Å²) in [5.74, 6) is 0.105. The molecule has 1 atom stereocenters.